The van der Waals surface area contributed by atoms with Crippen molar-refractivity contribution in [3.8, 4) is 5.75 Å². The third kappa shape index (κ3) is 3.53. The molecule has 1 heterocycles. The second kappa shape index (κ2) is 7.40. The van der Waals surface area contributed by atoms with Crippen molar-refractivity contribution in [1.82, 2.24) is 9.55 Å². The lowest BCUT2D eigenvalue weighted by Crippen LogP contribution is -2.23. The number of methoxy groups -OCH3 is 1. The number of halogens is 1. The van der Waals surface area contributed by atoms with Gasteiger partial charge in [-0.3, -0.25) is 9.59 Å². The number of ether oxygens (including phenoxy) is 1. The first kappa shape index (κ1) is 18.9. The van der Waals surface area contributed by atoms with Crippen LogP contribution >= 0.6 is 11.6 Å². The Morgan fingerprint density at radius 3 is 2.67 bits per heavy atom. The molecule has 0 aliphatic carbocycles. The van der Waals surface area contributed by atoms with Gasteiger partial charge in [-0.05, 0) is 50.6 Å². The maximum Gasteiger partial charge on any atom is 0.272 e. The molecule has 1 N–H and O–H groups in total. The summed E-state index contributed by atoms with van der Waals surface area (Å²) in [6.07, 6.45) is 0. The average Bonchev–Trinajstić information content (AvgIpc) is 2.65. The molecule has 6 nitrogen and oxygen atoms in total. The molecule has 0 atom stereocenters. The number of fused-ring (bicyclic) bond motifs is 1. The first-order valence-electron chi connectivity index (χ1n) is 8.52. The van der Waals surface area contributed by atoms with E-state index in [1.54, 1.807) is 41.8 Å². The molecule has 0 aliphatic heterocycles. The molecule has 140 valence electrons. The number of hydrogen-bond acceptors (Lipinski definition) is 4. The summed E-state index contributed by atoms with van der Waals surface area (Å²) >= 11 is 6.11. The predicted octanol–water partition coefficient (Wildman–Crippen LogP) is 3.95. The van der Waals surface area contributed by atoms with Crippen LogP contribution in [0.25, 0.3) is 11.0 Å². The van der Waals surface area contributed by atoms with Gasteiger partial charge in [0.2, 0.25) is 0 Å². The van der Waals surface area contributed by atoms with Crippen molar-refractivity contribution in [3.63, 3.8) is 0 Å². The molecule has 0 bridgehead atoms. The summed E-state index contributed by atoms with van der Waals surface area (Å²) in [7, 11) is 1.52. The Labute approximate surface area is 161 Å². The maximum atomic E-state index is 12.7. The monoisotopic (exact) mass is 385 g/mol. The van der Waals surface area contributed by atoms with Crippen LogP contribution in [0.15, 0.2) is 35.1 Å². The molecule has 0 radical (unpaired) electrons. The lowest BCUT2D eigenvalue weighted by Gasteiger charge is -2.13. The van der Waals surface area contributed by atoms with E-state index < -0.39 is 0 Å². The maximum absolute atomic E-state index is 12.7. The minimum atomic E-state index is -0.300. The number of hydrogen-bond donors (Lipinski definition) is 1. The quantitative estimate of drug-likeness (QED) is 0.738. The van der Waals surface area contributed by atoms with Gasteiger partial charge < -0.3 is 14.6 Å². The molecule has 2 aromatic carbocycles. The Morgan fingerprint density at radius 1 is 1.26 bits per heavy atom. The molecule has 0 saturated carbocycles. The van der Waals surface area contributed by atoms with Gasteiger partial charge in [-0.1, -0.05) is 11.6 Å². The number of amides is 1. The zero-order chi connectivity index (χ0) is 19.7. The number of aromatic nitrogens is 2. The Bertz CT molecular complexity index is 1110. The van der Waals surface area contributed by atoms with E-state index in [2.05, 4.69) is 10.3 Å². The van der Waals surface area contributed by atoms with Crippen molar-refractivity contribution in [2.45, 2.75) is 27.3 Å². The Morgan fingerprint density at radius 2 is 2.00 bits per heavy atom. The van der Waals surface area contributed by atoms with Gasteiger partial charge in [0.15, 0.2) is 0 Å². The third-order valence-electron chi connectivity index (χ3n) is 4.42. The number of nitrogens with zero attached hydrogens (tertiary/aromatic N) is 2. The largest absolute Gasteiger partial charge is 0.495 e. The zero-order valence-corrected chi connectivity index (χ0v) is 16.3. The second-order valence-electron chi connectivity index (χ2n) is 6.21. The molecule has 0 unspecified atom stereocenters. The highest BCUT2D eigenvalue weighted by atomic mass is 35.5. The van der Waals surface area contributed by atoms with E-state index in [9.17, 15) is 9.59 Å². The summed E-state index contributed by atoms with van der Waals surface area (Å²) in [5, 5.41) is 3.41. The van der Waals surface area contributed by atoms with E-state index in [0.717, 1.165) is 5.56 Å². The van der Waals surface area contributed by atoms with Crippen molar-refractivity contribution in [2.24, 2.45) is 0 Å². The molecule has 7 heteroatoms. The molecule has 1 amide bonds. The van der Waals surface area contributed by atoms with Crippen LogP contribution in [0.2, 0.25) is 5.02 Å². The number of rotatable bonds is 4. The molecule has 3 aromatic rings. The summed E-state index contributed by atoms with van der Waals surface area (Å²) in [5.74, 6) is 0.180. The minimum Gasteiger partial charge on any atom is -0.495 e. The van der Waals surface area contributed by atoms with Crippen molar-refractivity contribution in [1.29, 1.82) is 0 Å². The van der Waals surface area contributed by atoms with Crippen LogP contribution in [0.1, 0.15) is 28.5 Å². The van der Waals surface area contributed by atoms with Gasteiger partial charge in [-0.15, -0.1) is 0 Å². The van der Waals surface area contributed by atoms with Gasteiger partial charge in [0.05, 0.1) is 23.8 Å². The minimum absolute atomic E-state index is 0.122. The topological polar surface area (TPSA) is 73.2 Å². The van der Waals surface area contributed by atoms with Gasteiger partial charge in [0.25, 0.3) is 11.5 Å². The molecule has 0 aliphatic rings. The SMILES string of the molecule is CCn1c(=O)c(C)nc2cc(C(=O)Nc3cc(C)c(Cl)cc3OC)ccc21. The number of benzene rings is 2. The van der Waals surface area contributed by atoms with Crippen molar-refractivity contribution < 1.29 is 9.53 Å². The van der Waals surface area contributed by atoms with Gasteiger partial charge in [0.1, 0.15) is 11.4 Å². The van der Waals surface area contributed by atoms with E-state index >= 15 is 0 Å². The number of aryl methyl sites for hydroxylation is 3. The normalized spacial score (nSPS) is 10.9. The molecule has 27 heavy (non-hydrogen) atoms. The zero-order valence-electron chi connectivity index (χ0n) is 15.6. The molecule has 0 saturated heterocycles. The molecular weight excluding hydrogens is 366 g/mol. The molecule has 0 spiro atoms. The van der Waals surface area contributed by atoms with Gasteiger partial charge in [-0.2, -0.15) is 0 Å². The van der Waals surface area contributed by atoms with Crippen LogP contribution in [-0.2, 0) is 6.54 Å². The van der Waals surface area contributed by atoms with Crippen LogP contribution in [0, 0.1) is 13.8 Å². The van der Waals surface area contributed by atoms with Gasteiger partial charge in [0, 0.05) is 23.2 Å². The van der Waals surface area contributed by atoms with Crippen molar-refractivity contribution in [2.75, 3.05) is 12.4 Å². The summed E-state index contributed by atoms with van der Waals surface area (Å²) < 4.78 is 6.94. The Balaban J connectivity index is 2.01. The molecule has 3 rings (SSSR count). The van der Waals surface area contributed by atoms with E-state index in [4.69, 9.17) is 16.3 Å². The second-order valence-corrected chi connectivity index (χ2v) is 6.61. The highest BCUT2D eigenvalue weighted by Gasteiger charge is 2.14. The first-order chi connectivity index (χ1) is 12.8. The van der Waals surface area contributed by atoms with Crippen LogP contribution in [-0.4, -0.2) is 22.6 Å². The summed E-state index contributed by atoms with van der Waals surface area (Å²) in [6, 6.07) is 8.52. The average molecular weight is 386 g/mol. The number of anilines is 1. The third-order valence-corrected chi connectivity index (χ3v) is 4.82. The van der Waals surface area contributed by atoms with Crippen LogP contribution in [0.3, 0.4) is 0 Å². The fraction of sp³-hybridized carbons (Fsp3) is 0.250. The lowest BCUT2D eigenvalue weighted by molar-refractivity contribution is 0.102. The first-order valence-corrected chi connectivity index (χ1v) is 8.90. The molecular formula is C20H20ClN3O3. The van der Waals surface area contributed by atoms with Crippen LogP contribution in [0.5, 0.6) is 5.75 Å². The highest BCUT2D eigenvalue weighted by molar-refractivity contribution is 6.31. The van der Waals surface area contributed by atoms with E-state index in [1.807, 2.05) is 13.8 Å². The Hall–Kier alpha value is -2.86. The van der Waals surface area contributed by atoms with Gasteiger partial charge in [-0.25, -0.2) is 4.98 Å². The molecule has 1 aromatic heterocycles. The highest BCUT2D eigenvalue weighted by Crippen LogP contribution is 2.31. The van der Waals surface area contributed by atoms with E-state index in [0.29, 0.717) is 45.3 Å². The van der Waals surface area contributed by atoms with Crippen molar-refractivity contribution >= 4 is 34.2 Å². The van der Waals surface area contributed by atoms with Crippen molar-refractivity contribution in [3.05, 3.63) is 62.5 Å². The molecule has 0 fully saturated rings. The predicted molar refractivity (Wildman–Crippen MR) is 107 cm³/mol. The smallest absolute Gasteiger partial charge is 0.272 e. The lowest BCUT2D eigenvalue weighted by atomic mass is 10.1. The fourth-order valence-corrected chi connectivity index (χ4v) is 3.11. The summed E-state index contributed by atoms with van der Waals surface area (Å²) in [5.41, 5.74) is 3.37. The van der Waals surface area contributed by atoms with Crippen LogP contribution in [0.4, 0.5) is 5.69 Å². The number of carbonyl (C=O) groups is 1. The number of carbonyl (C=O) groups excluding carboxylic acids is 1. The Kier molecular flexibility index (Phi) is 5.19. The van der Waals surface area contributed by atoms with Gasteiger partial charge >= 0.3 is 0 Å². The van der Waals surface area contributed by atoms with E-state index in [1.165, 1.54) is 7.11 Å². The van der Waals surface area contributed by atoms with Crippen LogP contribution < -0.4 is 15.6 Å². The number of nitrogens with one attached hydrogen (secondary N) is 1. The summed E-state index contributed by atoms with van der Waals surface area (Å²) in [4.78, 5) is 29.3. The summed E-state index contributed by atoms with van der Waals surface area (Å²) in [6.45, 7) is 5.95. The standard InChI is InChI=1S/C20H20ClN3O3/c1-5-24-17-7-6-13(9-15(17)22-12(3)20(24)26)19(25)23-16-8-11(2)14(21)10-18(16)27-4/h6-10H,5H2,1-4H3,(H,23,25). The fourth-order valence-electron chi connectivity index (χ4n) is 2.95. The van der Waals surface area contributed by atoms with E-state index in [-0.39, 0.29) is 11.5 Å².